The Labute approximate surface area is 111 Å². The number of aromatic carboxylic acids is 1. The Bertz CT molecular complexity index is 458. The van der Waals surface area contributed by atoms with E-state index in [0.717, 1.165) is 0 Å². The summed E-state index contributed by atoms with van der Waals surface area (Å²) in [5, 5.41) is 18.1. The lowest BCUT2D eigenvalue weighted by molar-refractivity contribution is -0.101. The molecule has 1 saturated heterocycles. The maximum absolute atomic E-state index is 10.8. The summed E-state index contributed by atoms with van der Waals surface area (Å²) < 4.78 is 5.72. The molecule has 0 spiro atoms. The quantitative estimate of drug-likeness (QED) is 0.840. The minimum Gasteiger partial charge on any atom is -0.478 e. The molecule has 0 aliphatic carbocycles. The molecule has 2 rings (SSSR count). The molecular formula is C13H18N2O4. The van der Waals surface area contributed by atoms with Crippen molar-refractivity contribution >= 4 is 11.8 Å². The Balaban J connectivity index is 2.18. The van der Waals surface area contributed by atoms with Gasteiger partial charge in [-0.05, 0) is 26.0 Å². The Kier molecular flexibility index (Phi) is 3.73. The lowest BCUT2D eigenvalue weighted by Crippen LogP contribution is -2.54. The van der Waals surface area contributed by atoms with Crippen LogP contribution in [0.25, 0.3) is 0 Å². The molecule has 0 saturated carbocycles. The fourth-order valence-electron chi connectivity index (χ4n) is 2.26. The smallest absolute Gasteiger partial charge is 0.337 e. The number of nitrogens with zero attached hydrogens (tertiary/aromatic N) is 2. The van der Waals surface area contributed by atoms with Crippen LogP contribution >= 0.6 is 0 Å². The molecule has 2 heterocycles. The number of aromatic nitrogens is 1. The van der Waals surface area contributed by atoms with Gasteiger partial charge in [0.1, 0.15) is 5.82 Å². The van der Waals surface area contributed by atoms with Crippen LogP contribution in [0.15, 0.2) is 18.3 Å². The summed E-state index contributed by atoms with van der Waals surface area (Å²) in [5.74, 6) is -0.297. The van der Waals surface area contributed by atoms with Gasteiger partial charge in [-0.15, -0.1) is 0 Å². The average molecular weight is 266 g/mol. The van der Waals surface area contributed by atoms with E-state index in [-0.39, 0.29) is 23.9 Å². The normalized spacial score (nSPS) is 22.3. The second-order valence-corrected chi connectivity index (χ2v) is 5.27. The van der Waals surface area contributed by atoms with E-state index in [0.29, 0.717) is 18.9 Å². The highest BCUT2D eigenvalue weighted by Crippen LogP contribution is 2.24. The van der Waals surface area contributed by atoms with Crippen molar-refractivity contribution in [3.63, 3.8) is 0 Å². The Morgan fingerprint density at radius 1 is 1.58 bits per heavy atom. The highest BCUT2D eigenvalue weighted by molar-refractivity contribution is 5.87. The van der Waals surface area contributed by atoms with Gasteiger partial charge >= 0.3 is 5.97 Å². The maximum atomic E-state index is 10.8. The average Bonchev–Trinajstić information content (AvgIpc) is 2.37. The van der Waals surface area contributed by atoms with E-state index in [1.807, 2.05) is 18.7 Å². The first-order valence-electron chi connectivity index (χ1n) is 6.14. The minimum atomic E-state index is -0.991. The number of hydrogen-bond acceptors (Lipinski definition) is 5. The van der Waals surface area contributed by atoms with Crippen molar-refractivity contribution < 1.29 is 19.7 Å². The molecule has 0 bridgehead atoms. The molecule has 19 heavy (non-hydrogen) atoms. The first-order chi connectivity index (χ1) is 8.91. The van der Waals surface area contributed by atoms with Crippen LogP contribution in [-0.4, -0.2) is 52.6 Å². The lowest BCUT2D eigenvalue weighted by atomic mass is 10.1. The molecule has 0 aromatic carbocycles. The zero-order valence-corrected chi connectivity index (χ0v) is 11.0. The monoisotopic (exact) mass is 266 g/mol. The summed E-state index contributed by atoms with van der Waals surface area (Å²) in [5.41, 5.74) is -0.214. The summed E-state index contributed by atoms with van der Waals surface area (Å²) in [6.07, 6.45) is 1.08. The molecule has 0 radical (unpaired) electrons. The summed E-state index contributed by atoms with van der Waals surface area (Å²) >= 11 is 0. The first kappa shape index (κ1) is 13.8. The molecule has 104 valence electrons. The summed E-state index contributed by atoms with van der Waals surface area (Å²) in [6, 6.07) is 3.21. The number of aliphatic hydroxyl groups is 1. The van der Waals surface area contributed by atoms with E-state index < -0.39 is 5.97 Å². The number of rotatable bonds is 3. The number of carbonyl (C=O) groups is 1. The Morgan fingerprint density at radius 3 is 2.84 bits per heavy atom. The predicted octanol–water partition coefficient (Wildman–Crippen LogP) is 0.756. The number of carboxylic acids is 1. The van der Waals surface area contributed by atoms with E-state index in [1.54, 1.807) is 6.07 Å². The van der Waals surface area contributed by atoms with Crippen molar-refractivity contribution in [1.29, 1.82) is 0 Å². The second-order valence-electron chi connectivity index (χ2n) is 5.27. The number of aliphatic hydroxyl groups excluding tert-OH is 1. The van der Waals surface area contributed by atoms with Gasteiger partial charge in [0, 0.05) is 19.3 Å². The lowest BCUT2D eigenvalue weighted by Gasteiger charge is -2.42. The largest absolute Gasteiger partial charge is 0.478 e. The summed E-state index contributed by atoms with van der Waals surface area (Å²) in [6.45, 7) is 5.04. The minimum absolute atomic E-state index is 0.0485. The molecule has 6 heteroatoms. The van der Waals surface area contributed by atoms with Crippen LogP contribution in [-0.2, 0) is 4.74 Å². The zero-order valence-electron chi connectivity index (χ0n) is 11.0. The molecular weight excluding hydrogens is 248 g/mol. The second kappa shape index (κ2) is 5.14. The molecule has 2 N–H and O–H groups in total. The van der Waals surface area contributed by atoms with E-state index in [4.69, 9.17) is 9.84 Å². The fraction of sp³-hybridized carbons (Fsp3) is 0.538. The molecule has 1 aliphatic heterocycles. The Hall–Kier alpha value is -1.66. The number of pyridine rings is 1. The van der Waals surface area contributed by atoms with Crippen molar-refractivity contribution in [1.82, 2.24) is 4.98 Å². The predicted molar refractivity (Wildman–Crippen MR) is 69.4 cm³/mol. The van der Waals surface area contributed by atoms with E-state index in [2.05, 4.69) is 4.98 Å². The molecule has 1 aromatic heterocycles. The van der Waals surface area contributed by atoms with Crippen molar-refractivity contribution in [2.45, 2.75) is 25.6 Å². The maximum Gasteiger partial charge on any atom is 0.337 e. The van der Waals surface area contributed by atoms with Crippen LogP contribution in [0.1, 0.15) is 24.2 Å². The number of ether oxygens (including phenoxy) is 1. The third kappa shape index (κ3) is 3.21. The van der Waals surface area contributed by atoms with Gasteiger partial charge in [-0.3, -0.25) is 0 Å². The molecule has 1 unspecified atom stereocenters. The molecule has 0 amide bonds. The van der Waals surface area contributed by atoms with Crippen LogP contribution in [0.2, 0.25) is 0 Å². The SMILES string of the molecule is CC1(C)CN(c2ccc(C(=O)O)cn2)CC(CO)O1. The van der Waals surface area contributed by atoms with Crippen LogP contribution in [0.4, 0.5) is 5.82 Å². The van der Waals surface area contributed by atoms with Crippen LogP contribution in [0.5, 0.6) is 0 Å². The number of morpholine rings is 1. The molecule has 1 aromatic rings. The van der Waals surface area contributed by atoms with Gasteiger partial charge in [-0.2, -0.15) is 0 Å². The highest BCUT2D eigenvalue weighted by atomic mass is 16.5. The van der Waals surface area contributed by atoms with Crippen LogP contribution in [0, 0.1) is 0 Å². The highest BCUT2D eigenvalue weighted by Gasteiger charge is 2.33. The van der Waals surface area contributed by atoms with Crippen molar-refractivity contribution in [2.75, 3.05) is 24.6 Å². The van der Waals surface area contributed by atoms with E-state index >= 15 is 0 Å². The van der Waals surface area contributed by atoms with Crippen molar-refractivity contribution in [3.8, 4) is 0 Å². The first-order valence-corrected chi connectivity index (χ1v) is 6.14. The molecule has 6 nitrogen and oxygen atoms in total. The Morgan fingerprint density at radius 2 is 2.32 bits per heavy atom. The van der Waals surface area contributed by atoms with Gasteiger partial charge in [0.25, 0.3) is 0 Å². The van der Waals surface area contributed by atoms with E-state index in [1.165, 1.54) is 12.3 Å². The molecule has 1 atom stereocenters. The fourth-order valence-corrected chi connectivity index (χ4v) is 2.26. The van der Waals surface area contributed by atoms with Crippen LogP contribution in [0.3, 0.4) is 0 Å². The third-order valence-corrected chi connectivity index (χ3v) is 3.00. The van der Waals surface area contributed by atoms with E-state index in [9.17, 15) is 9.90 Å². The van der Waals surface area contributed by atoms with Crippen molar-refractivity contribution in [3.05, 3.63) is 23.9 Å². The summed E-state index contributed by atoms with van der Waals surface area (Å²) in [7, 11) is 0. The van der Waals surface area contributed by atoms with Gasteiger partial charge < -0.3 is 19.8 Å². The van der Waals surface area contributed by atoms with Gasteiger partial charge in [0.2, 0.25) is 0 Å². The van der Waals surface area contributed by atoms with Crippen molar-refractivity contribution in [2.24, 2.45) is 0 Å². The molecule has 1 aliphatic rings. The van der Waals surface area contributed by atoms with Gasteiger partial charge in [-0.25, -0.2) is 9.78 Å². The topological polar surface area (TPSA) is 82.9 Å². The molecule has 1 fully saturated rings. The number of carboxylic acid groups (broad SMARTS) is 1. The van der Waals surface area contributed by atoms with Gasteiger partial charge in [0.15, 0.2) is 0 Å². The zero-order chi connectivity index (χ0) is 14.0. The van der Waals surface area contributed by atoms with Crippen LogP contribution < -0.4 is 4.90 Å². The third-order valence-electron chi connectivity index (χ3n) is 3.00. The van der Waals surface area contributed by atoms with Gasteiger partial charge in [0.05, 0.1) is 23.9 Å². The number of hydrogen-bond donors (Lipinski definition) is 2. The van der Waals surface area contributed by atoms with Gasteiger partial charge in [-0.1, -0.05) is 0 Å². The standard InChI is InChI=1S/C13H18N2O4/c1-13(2)8-15(6-10(7-16)19-13)11-4-3-9(5-14-11)12(17)18/h3-5,10,16H,6-8H2,1-2H3,(H,17,18). The summed E-state index contributed by atoms with van der Waals surface area (Å²) in [4.78, 5) is 16.9. The number of anilines is 1.